The first-order chi connectivity index (χ1) is 10.6. The molecule has 3 rings (SSSR count). The number of esters is 1. The minimum Gasteiger partial charge on any atom is -0.465 e. The number of aromatic nitrogens is 3. The fourth-order valence-corrected chi connectivity index (χ4v) is 2.62. The first-order valence-electron chi connectivity index (χ1n) is 6.86. The maximum Gasteiger partial charge on any atom is 0.337 e. The fraction of sp³-hybridized carbons (Fsp3) is 0.188. The van der Waals surface area contributed by atoms with Crippen LogP contribution in [0.5, 0.6) is 0 Å². The highest BCUT2D eigenvalue weighted by atomic mass is 35.5. The summed E-state index contributed by atoms with van der Waals surface area (Å²) in [5.74, 6) is 0.328. The number of carbonyl (C=O) groups excluding carboxylic acids is 1. The number of fused-ring (bicyclic) bond motifs is 1. The Morgan fingerprint density at radius 1 is 1.32 bits per heavy atom. The van der Waals surface area contributed by atoms with Gasteiger partial charge in [-0.3, -0.25) is 0 Å². The van der Waals surface area contributed by atoms with Gasteiger partial charge < -0.3 is 9.72 Å². The van der Waals surface area contributed by atoms with Crippen molar-refractivity contribution in [1.82, 2.24) is 15.0 Å². The number of ether oxygens (including phenoxy) is 1. The second-order valence-electron chi connectivity index (χ2n) is 4.79. The second-order valence-corrected chi connectivity index (χ2v) is 5.20. The molecule has 5 nitrogen and oxygen atoms in total. The van der Waals surface area contributed by atoms with Crippen LogP contribution in [0.3, 0.4) is 0 Å². The molecule has 0 saturated carbocycles. The number of carbonyl (C=O) groups is 1. The number of hydrogen-bond acceptors (Lipinski definition) is 4. The number of aromatic amines is 1. The molecule has 22 heavy (non-hydrogen) atoms. The van der Waals surface area contributed by atoms with E-state index in [-0.39, 0.29) is 5.97 Å². The van der Waals surface area contributed by atoms with Gasteiger partial charge in [-0.25, -0.2) is 14.8 Å². The average Bonchev–Trinajstić information content (AvgIpc) is 2.98. The van der Waals surface area contributed by atoms with Gasteiger partial charge in [0.2, 0.25) is 0 Å². The number of rotatable bonds is 3. The van der Waals surface area contributed by atoms with Crippen LogP contribution >= 0.6 is 11.6 Å². The maximum absolute atomic E-state index is 11.5. The van der Waals surface area contributed by atoms with Crippen molar-refractivity contribution in [2.75, 3.05) is 7.11 Å². The lowest BCUT2D eigenvalue weighted by atomic mass is 10.1. The SMILES string of the molecule is CCc1c(Cl)cnc2nc(-c3ccc(C(=O)OC)cc3)[nH]c12. The van der Waals surface area contributed by atoms with Gasteiger partial charge in [0.25, 0.3) is 0 Å². The fourth-order valence-electron chi connectivity index (χ4n) is 2.35. The van der Waals surface area contributed by atoms with E-state index in [1.54, 1.807) is 18.3 Å². The van der Waals surface area contributed by atoms with Crippen molar-refractivity contribution >= 4 is 28.7 Å². The van der Waals surface area contributed by atoms with Crippen molar-refractivity contribution in [1.29, 1.82) is 0 Å². The normalized spacial score (nSPS) is 10.9. The van der Waals surface area contributed by atoms with Crippen molar-refractivity contribution in [3.05, 3.63) is 46.6 Å². The molecular formula is C16H14ClN3O2. The van der Waals surface area contributed by atoms with Crippen LogP contribution in [0.2, 0.25) is 5.02 Å². The number of methoxy groups -OCH3 is 1. The summed E-state index contributed by atoms with van der Waals surface area (Å²) in [6, 6.07) is 7.04. The predicted molar refractivity (Wildman–Crippen MR) is 85.1 cm³/mol. The summed E-state index contributed by atoms with van der Waals surface area (Å²) in [6.45, 7) is 2.03. The maximum atomic E-state index is 11.5. The molecule has 1 aromatic carbocycles. The van der Waals surface area contributed by atoms with E-state index in [0.717, 1.165) is 23.1 Å². The van der Waals surface area contributed by atoms with E-state index < -0.39 is 0 Å². The summed E-state index contributed by atoms with van der Waals surface area (Å²) in [7, 11) is 1.36. The third-order valence-corrected chi connectivity index (χ3v) is 3.83. The first-order valence-corrected chi connectivity index (χ1v) is 7.23. The molecule has 2 aromatic heterocycles. The molecule has 112 valence electrons. The van der Waals surface area contributed by atoms with E-state index in [4.69, 9.17) is 11.6 Å². The zero-order valence-electron chi connectivity index (χ0n) is 12.2. The summed E-state index contributed by atoms with van der Waals surface area (Å²) < 4.78 is 4.69. The molecule has 0 saturated heterocycles. The summed E-state index contributed by atoms with van der Waals surface area (Å²) >= 11 is 6.17. The van der Waals surface area contributed by atoms with Crippen LogP contribution in [0, 0.1) is 0 Å². The molecule has 0 amide bonds. The van der Waals surface area contributed by atoms with Gasteiger partial charge in [0.1, 0.15) is 5.82 Å². The standard InChI is InChI=1S/C16H14ClN3O2/c1-3-11-12(17)8-18-15-13(11)19-14(20-15)9-4-6-10(7-5-9)16(21)22-2/h4-8H,3H2,1-2H3,(H,18,19,20). The number of pyridine rings is 1. The van der Waals surface area contributed by atoms with Crippen LogP contribution in [0.15, 0.2) is 30.5 Å². The van der Waals surface area contributed by atoms with Crippen molar-refractivity contribution < 1.29 is 9.53 Å². The Hall–Kier alpha value is -2.40. The summed E-state index contributed by atoms with van der Waals surface area (Å²) in [6.07, 6.45) is 2.41. The molecule has 0 unspecified atom stereocenters. The zero-order valence-corrected chi connectivity index (χ0v) is 12.9. The van der Waals surface area contributed by atoms with Gasteiger partial charge in [-0.05, 0) is 24.1 Å². The molecular weight excluding hydrogens is 302 g/mol. The molecule has 0 aliphatic heterocycles. The minimum absolute atomic E-state index is 0.363. The van der Waals surface area contributed by atoms with Crippen molar-refractivity contribution in [2.45, 2.75) is 13.3 Å². The molecule has 3 aromatic rings. The molecule has 1 N–H and O–H groups in total. The van der Waals surface area contributed by atoms with Gasteiger partial charge in [-0.1, -0.05) is 30.7 Å². The lowest BCUT2D eigenvalue weighted by Crippen LogP contribution is -2.00. The Kier molecular flexibility index (Phi) is 3.81. The highest BCUT2D eigenvalue weighted by molar-refractivity contribution is 6.32. The second kappa shape index (κ2) is 5.77. The van der Waals surface area contributed by atoms with Crippen LogP contribution in [0.25, 0.3) is 22.6 Å². The smallest absolute Gasteiger partial charge is 0.337 e. The number of H-pyrrole nitrogens is 1. The molecule has 0 radical (unpaired) electrons. The average molecular weight is 316 g/mol. The Bertz CT molecular complexity index is 840. The van der Waals surface area contributed by atoms with E-state index >= 15 is 0 Å². The lowest BCUT2D eigenvalue weighted by molar-refractivity contribution is 0.0601. The summed E-state index contributed by atoms with van der Waals surface area (Å²) in [4.78, 5) is 23.4. The largest absolute Gasteiger partial charge is 0.465 e. The van der Waals surface area contributed by atoms with Gasteiger partial charge in [0.05, 0.1) is 23.2 Å². The van der Waals surface area contributed by atoms with Crippen LogP contribution < -0.4 is 0 Å². The van der Waals surface area contributed by atoms with Crippen molar-refractivity contribution in [3.8, 4) is 11.4 Å². The molecule has 0 fully saturated rings. The molecule has 0 bridgehead atoms. The molecule has 6 heteroatoms. The molecule has 0 atom stereocenters. The Balaban J connectivity index is 2.05. The van der Waals surface area contributed by atoms with Crippen LogP contribution in [0.4, 0.5) is 0 Å². The first kappa shape index (κ1) is 14.5. The monoisotopic (exact) mass is 315 g/mol. The lowest BCUT2D eigenvalue weighted by Gasteiger charge is -2.01. The van der Waals surface area contributed by atoms with E-state index in [9.17, 15) is 4.79 Å². The highest BCUT2D eigenvalue weighted by Crippen LogP contribution is 2.26. The zero-order chi connectivity index (χ0) is 15.7. The minimum atomic E-state index is -0.363. The highest BCUT2D eigenvalue weighted by Gasteiger charge is 2.12. The third-order valence-electron chi connectivity index (χ3n) is 3.51. The van der Waals surface area contributed by atoms with E-state index in [2.05, 4.69) is 19.7 Å². The molecule has 0 spiro atoms. The van der Waals surface area contributed by atoms with Crippen molar-refractivity contribution in [2.24, 2.45) is 0 Å². The third kappa shape index (κ3) is 2.44. The van der Waals surface area contributed by atoms with Crippen LogP contribution in [0.1, 0.15) is 22.8 Å². The number of nitrogens with zero attached hydrogens (tertiary/aromatic N) is 2. The number of halogens is 1. The predicted octanol–water partition coefficient (Wildman–Crippen LogP) is 3.63. The number of hydrogen-bond donors (Lipinski definition) is 1. The summed E-state index contributed by atoms with van der Waals surface area (Å²) in [5, 5.41) is 0.631. The number of imidazole rings is 1. The van der Waals surface area contributed by atoms with E-state index in [0.29, 0.717) is 22.1 Å². The Morgan fingerprint density at radius 2 is 2.05 bits per heavy atom. The van der Waals surface area contributed by atoms with Gasteiger partial charge in [0, 0.05) is 11.8 Å². The van der Waals surface area contributed by atoms with Gasteiger partial charge in [-0.2, -0.15) is 0 Å². The van der Waals surface area contributed by atoms with E-state index in [1.807, 2.05) is 19.1 Å². The topological polar surface area (TPSA) is 67.9 Å². The van der Waals surface area contributed by atoms with Crippen LogP contribution in [-0.4, -0.2) is 28.0 Å². The van der Waals surface area contributed by atoms with Gasteiger partial charge in [-0.15, -0.1) is 0 Å². The van der Waals surface area contributed by atoms with Gasteiger partial charge in [0.15, 0.2) is 5.65 Å². The van der Waals surface area contributed by atoms with Crippen molar-refractivity contribution in [3.63, 3.8) is 0 Å². The number of aryl methyl sites for hydroxylation is 1. The quantitative estimate of drug-likeness (QED) is 0.749. The molecule has 0 aliphatic carbocycles. The molecule has 0 aliphatic rings. The van der Waals surface area contributed by atoms with Crippen LogP contribution in [-0.2, 0) is 11.2 Å². The Morgan fingerprint density at radius 3 is 2.68 bits per heavy atom. The molecule has 2 heterocycles. The number of benzene rings is 1. The van der Waals surface area contributed by atoms with E-state index in [1.165, 1.54) is 7.11 Å². The van der Waals surface area contributed by atoms with Gasteiger partial charge >= 0.3 is 5.97 Å². The summed E-state index contributed by atoms with van der Waals surface area (Å²) in [5.41, 5.74) is 3.84. The Labute approximate surface area is 132 Å². The number of nitrogens with one attached hydrogen (secondary N) is 1.